The van der Waals surface area contributed by atoms with Crippen molar-refractivity contribution in [3.63, 3.8) is 0 Å². The highest BCUT2D eigenvalue weighted by atomic mass is 35.5. The number of aromatic nitrogens is 1. The number of H-pyrrole nitrogens is 1. The lowest BCUT2D eigenvalue weighted by molar-refractivity contribution is 0.0595. The summed E-state index contributed by atoms with van der Waals surface area (Å²) in [4.78, 5) is 27.2. The number of methoxy groups -OCH3 is 1. The molecule has 0 fully saturated rings. The van der Waals surface area contributed by atoms with Gasteiger partial charge < -0.3 is 9.72 Å². The maximum atomic E-state index is 14.5. The molecular formula is C17H10Cl2FNO3. The van der Waals surface area contributed by atoms with Crippen molar-refractivity contribution in [1.82, 2.24) is 4.98 Å². The first-order valence-corrected chi connectivity index (χ1v) is 7.57. The predicted octanol–water partition coefficient (Wildman–Crippen LogP) is 4.63. The van der Waals surface area contributed by atoms with Crippen molar-refractivity contribution in [2.45, 2.75) is 0 Å². The fourth-order valence-electron chi connectivity index (χ4n) is 2.46. The molecule has 0 amide bonds. The highest BCUT2D eigenvalue weighted by molar-refractivity contribution is 6.39. The molecule has 0 aliphatic rings. The third-order valence-electron chi connectivity index (χ3n) is 3.60. The van der Waals surface area contributed by atoms with Gasteiger partial charge in [-0.25, -0.2) is 9.18 Å². The van der Waals surface area contributed by atoms with Crippen LogP contribution in [0.25, 0.3) is 10.9 Å². The van der Waals surface area contributed by atoms with E-state index in [-0.39, 0.29) is 16.7 Å². The van der Waals surface area contributed by atoms with Gasteiger partial charge in [0.15, 0.2) is 5.78 Å². The first-order chi connectivity index (χ1) is 11.4. The van der Waals surface area contributed by atoms with Crippen LogP contribution in [0.2, 0.25) is 10.0 Å². The molecule has 1 aromatic heterocycles. The first kappa shape index (κ1) is 16.5. The lowest BCUT2D eigenvalue weighted by Crippen LogP contribution is -2.10. The molecule has 1 N–H and O–H groups in total. The van der Waals surface area contributed by atoms with E-state index in [1.807, 2.05) is 0 Å². The van der Waals surface area contributed by atoms with Crippen LogP contribution >= 0.6 is 23.2 Å². The summed E-state index contributed by atoms with van der Waals surface area (Å²) in [7, 11) is 1.14. The van der Waals surface area contributed by atoms with Gasteiger partial charge >= 0.3 is 5.97 Å². The number of rotatable bonds is 3. The Balaban J connectivity index is 2.16. The molecule has 2 aromatic carbocycles. The van der Waals surface area contributed by atoms with E-state index in [4.69, 9.17) is 23.2 Å². The largest absolute Gasteiger partial charge is 0.465 e. The number of fused-ring (bicyclic) bond motifs is 1. The molecule has 3 rings (SSSR count). The molecule has 3 aromatic rings. The number of hydrogen-bond acceptors (Lipinski definition) is 3. The molecule has 0 saturated carbocycles. The van der Waals surface area contributed by atoms with Gasteiger partial charge in [-0.2, -0.15) is 0 Å². The van der Waals surface area contributed by atoms with E-state index in [0.717, 1.165) is 7.11 Å². The molecule has 122 valence electrons. The summed E-state index contributed by atoms with van der Waals surface area (Å²) in [6, 6.07) is 7.07. The zero-order chi connectivity index (χ0) is 17.4. The van der Waals surface area contributed by atoms with Crippen molar-refractivity contribution >= 4 is 45.9 Å². The summed E-state index contributed by atoms with van der Waals surface area (Å²) >= 11 is 12.1. The van der Waals surface area contributed by atoms with Crippen molar-refractivity contribution in [1.29, 1.82) is 0 Å². The molecule has 0 saturated heterocycles. The number of carbonyl (C=O) groups excluding carboxylic acids is 2. The van der Waals surface area contributed by atoms with E-state index in [0.29, 0.717) is 20.9 Å². The summed E-state index contributed by atoms with van der Waals surface area (Å²) in [6.45, 7) is 0. The summed E-state index contributed by atoms with van der Waals surface area (Å²) in [5, 5.41) is 1.17. The second kappa shape index (κ2) is 6.26. The van der Waals surface area contributed by atoms with Crippen molar-refractivity contribution in [3.8, 4) is 0 Å². The Labute approximate surface area is 146 Å². The normalized spacial score (nSPS) is 10.8. The zero-order valence-electron chi connectivity index (χ0n) is 12.3. The van der Waals surface area contributed by atoms with Gasteiger partial charge in [-0.1, -0.05) is 29.3 Å². The number of benzene rings is 2. The van der Waals surface area contributed by atoms with Crippen LogP contribution in [0.5, 0.6) is 0 Å². The first-order valence-electron chi connectivity index (χ1n) is 6.81. The van der Waals surface area contributed by atoms with E-state index in [9.17, 15) is 14.0 Å². The minimum atomic E-state index is -0.933. The SMILES string of the molecule is COC(=O)c1cccc(C(=O)c2c[nH]c3c(Cl)cc(Cl)cc23)c1F. The van der Waals surface area contributed by atoms with Crippen molar-refractivity contribution in [3.05, 3.63) is 69.1 Å². The minimum absolute atomic E-state index is 0.204. The van der Waals surface area contributed by atoms with Crippen LogP contribution in [0.4, 0.5) is 4.39 Å². The third kappa shape index (κ3) is 2.66. The molecule has 0 bridgehead atoms. The van der Waals surface area contributed by atoms with E-state index < -0.39 is 17.6 Å². The number of ether oxygens (including phenoxy) is 1. The van der Waals surface area contributed by atoms with Crippen LogP contribution < -0.4 is 0 Å². The third-order valence-corrected chi connectivity index (χ3v) is 4.12. The second-order valence-electron chi connectivity index (χ2n) is 5.00. The lowest BCUT2D eigenvalue weighted by Gasteiger charge is -2.06. The molecule has 24 heavy (non-hydrogen) atoms. The van der Waals surface area contributed by atoms with E-state index in [1.165, 1.54) is 30.5 Å². The van der Waals surface area contributed by atoms with Crippen LogP contribution in [0.3, 0.4) is 0 Å². The summed E-state index contributed by atoms with van der Waals surface area (Å²) in [6.07, 6.45) is 1.43. The van der Waals surface area contributed by atoms with Crippen LogP contribution in [-0.4, -0.2) is 23.8 Å². The maximum absolute atomic E-state index is 14.5. The number of aromatic amines is 1. The Bertz CT molecular complexity index is 981. The number of hydrogen-bond donors (Lipinski definition) is 1. The zero-order valence-corrected chi connectivity index (χ0v) is 13.8. The van der Waals surface area contributed by atoms with E-state index in [2.05, 4.69) is 9.72 Å². The molecule has 0 aliphatic carbocycles. The van der Waals surface area contributed by atoms with Gasteiger partial charge in [0.1, 0.15) is 5.82 Å². The van der Waals surface area contributed by atoms with Gasteiger partial charge in [0.2, 0.25) is 0 Å². The molecule has 0 aliphatic heterocycles. The average Bonchev–Trinajstić information content (AvgIpc) is 2.97. The van der Waals surface area contributed by atoms with Crippen LogP contribution in [0.1, 0.15) is 26.3 Å². The van der Waals surface area contributed by atoms with Gasteiger partial charge in [0, 0.05) is 22.2 Å². The highest BCUT2D eigenvalue weighted by Crippen LogP contribution is 2.31. The van der Waals surface area contributed by atoms with Gasteiger partial charge in [-0.15, -0.1) is 0 Å². The summed E-state index contributed by atoms with van der Waals surface area (Å²) < 4.78 is 19.0. The van der Waals surface area contributed by atoms with Gasteiger partial charge in [0.25, 0.3) is 0 Å². The van der Waals surface area contributed by atoms with E-state index in [1.54, 1.807) is 6.07 Å². The van der Waals surface area contributed by atoms with E-state index >= 15 is 0 Å². The number of nitrogens with one attached hydrogen (secondary N) is 1. The Morgan fingerprint density at radius 3 is 2.54 bits per heavy atom. The van der Waals surface area contributed by atoms with Crippen molar-refractivity contribution in [2.24, 2.45) is 0 Å². The molecule has 7 heteroatoms. The van der Waals surface area contributed by atoms with Crippen LogP contribution in [-0.2, 0) is 4.74 Å². The van der Waals surface area contributed by atoms with Gasteiger partial charge in [0.05, 0.1) is 28.8 Å². The second-order valence-corrected chi connectivity index (χ2v) is 5.84. The Morgan fingerprint density at radius 1 is 1.12 bits per heavy atom. The average molecular weight is 366 g/mol. The monoisotopic (exact) mass is 365 g/mol. The smallest absolute Gasteiger partial charge is 0.340 e. The van der Waals surface area contributed by atoms with Crippen molar-refractivity contribution < 1.29 is 18.7 Å². The standard InChI is InChI=1S/C17H10Cl2FNO3/c1-24-17(23)10-4-2-3-9(14(10)20)16(22)12-7-21-15-11(12)5-8(18)6-13(15)19/h2-7,21H,1H3. The van der Waals surface area contributed by atoms with Crippen LogP contribution in [0, 0.1) is 5.82 Å². The molecular weight excluding hydrogens is 356 g/mol. The molecule has 0 radical (unpaired) electrons. The molecule has 0 unspecified atom stereocenters. The Hall–Kier alpha value is -2.37. The highest BCUT2D eigenvalue weighted by Gasteiger charge is 2.23. The molecule has 1 heterocycles. The van der Waals surface area contributed by atoms with Crippen LogP contribution in [0.15, 0.2) is 36.5 Å². The minimum Gasteiger partial charge on any atom is -0.465 e. The Kier molecular flexibility index (Phi) is 4.30. The molecule has 4 nitrogen and oxygen atoms in total. The number of carbonyl (C=O) groups is 2. The molecule has 0 atom stereocenters. The number of esters is 1. The quantitative estimate of drug-likeness (QED) is 0.543. The number of ketones is 1. The predicted molar refractivity (Wildman–Crippen MR) is 89.5 cm³/mol. The lowest BCUT2D eigenvalue weighted by atomic mass is 10.00. The topological polar surface area (TPSA) is 59.2 Å². The maximum Gasteiger partial charge on any atom is 0.340 e. The summed E-state index contributed by atoms with van der Waals surface area (Å²) in [5.74, 6) is -2.38. The number of halogens is 3. The van der Waals surface area contributed by atoms with Gasteiger partial charge in [-0.3, -0.25) is 4.79 Å². The Morgan fingerprint density at radius 2 is 1.83 bits per heavy atom. The van der Waals surface area contributed by atoms with Gasteiger partial charge in [-0.05, 0) is 24.3 Å². The molecule has 0 spiro atoms. The fourth-order valence-corrected chi connectivity index (χ4v) is 3.01. The van der Waals surface area contributed by atoms with Crippen molar-refractivity contribution in [2.75, 3.05) is 7.11 Å². The fraction of sp³-hybridized carbons (Fsp3) is 0.0588. The summed E-state index contributed by atoms with van der Waals surface area (Å²) in [5.41, 5.74) is 0.179.